The number of rotatable bonds is 5. The first kappa shape index (κ1) is 14.5. The highest BCUT2D eigenvalue weighted by atomic mass is 16.2. The first-order valence-electron chi connectivity index (χ1n) is 7.99. The summed E-state index contributed by atoms with van der Waals surface area (Å²) in [6, 6.07) is 11.0. The van der Waals surface area contributed by atoms with E-state index in [9.17, 15) is 4.79 Å². The van der Waals surface area contributed by atoms with Gasteiger partial charge in [-0.1, -0.05) is 30.3 Å². The average Bonchev–Trinajstić information content (AvgIpc) is 3.20. The molecule has 0 aromatic heterocycles. The molecule has 1 aliphatic carbocycles. The summed E-state index contributed by atoms with van der Waals surface area (Å²) < 4.78 is 0. The van der Waals surface area contributed by atoms with Crippen molar-refractivity contribution in [3.8, 4) is 0 Å². The third-order valence-corrected chi connectivity index (χ3v) is 4.47. The molecule has 3 rings (SSSR count). The van der Waals surface area contributed by atoms with Crippen LogP contribution in [-0.2, 0) is 11.3 Å². The van der Waals surface area contributed by atoms with Gasteiger partial charge >= 0.3 is 0 Å². The number of hydrogen-bond donors (Lipinski definition) is 1. The third-order valence-electron chi connectivity index (χ3n) is 4.47. The molecule has 1 amide bonds. The van der Waals surface area contributed by atoms with Gasteiger partial charge in [0.1, 0.15) is 0 Å². The summed E-state index contributed by atoms with van der Waals surface area (Å²) in [4.78, 5) is 16.9. The lowest BCUT2D eigenvalue weighted by Gasteiger charge is -2.30. The van der Waals surface area contributed by atoms with Crippen molar-refractivity contribution in [2.24, 2.45) is 5.73 Å². The van der Waals surface area contributed by atoms with Crippen LogP contribution in [0.2, 0.25) is 0 Å². The lowest BCUT2D eigenvalue weighted by molar-refractivity contribution is -0.135. The van der Waals surface area contributed by atoms with Gasteiger partial charge in [0.05, 0.1) is 6.04 Å². The molecule has 4 nitrogen and oxygen atoms in total. The van der Waals surface area contributed by atoms with E-state index >= 15 is 0 Å². The van der Waals surface area contributed by atoms with Crippen LogP contribution in [-0.4, -0.2) is 46.9 Å². The largest absolute Gasteiger partial charge is 0.334 e. The highest BCUT2D eigenvalue weighted by Gasteiger charge is 2.40. The molecular formula is C17H25N3O. The minimum atomic E-state index is -0.381. The van der Waals surface area contributed by atoms with Crippen LogP contribution in [0.4, 0.5) is 0 Å². The van der Waals surface area contributed by atoms with E-state index in [1.54, 1.807) is 6.92 Å². The number of amides is 1. The molecule has 21 heavy (non-hydrogen) atoms. The maximum Gasteiger partial charge on any atom is 0.239 e. The Morgan fingerprint density at radius 2 is 2.00 bits per heavy atom. The smallest absolute Gasteiger partial charge is 0.239 e. The predicted octanol–water partition coefficient (Wildman–Crippen LogP) is 1.60. The number of benzene rings is 1. The summed E-state index contributed by atoms with van der Waals surface area (Å²) in [5, 5.41) is 0. The van der Waals surface area contributed by atoms with Crippen molar-refractivity contribution >= 4 is 5.91 Å². The van der Waals surface area contributed by atoms with Gasteiger partial charge in [0.15, 0.2) is 0 Å². The van der Waals surface area contributed by atoms with E-state index in [0.717, 1.165) is 38.9 Å². The standard InChI is InChI=1S/C17H25N3O/c1-13(18)17(21)20(15-7-8-15)16-9-10-19(12-16)11-14-5-3-2-4-6-14/h2-6,13,15-16H,7-12,18H2,1H3/t13-,16+/m0/s1. The monoisotopic (exact) mass is 287 g/mol. The summed E-state index contributed by atoms with van der Waals surface area (Å²) in [6.07, 6.45) is 3.36. The Labute approximate surface area is 126 Å². The van der Waals surface area contributed by atoms with Crippen LogP contribution in [0.15, 0.2) is 30.3 Å². The summed E-state index contributed by atoms with van der Waals surface area (Å²) in [7, 11) is 0. The van der Waals surface area contributed by atoms with E-state index in [0.29, 0.717) is 12.1 Å². The van der Waals surface area contributed by atoms with Gasteiger partial charge in [0, 0.05) is 31.7 Å². The van der Waals surface area contributed by atoms with Gasteiger partial charge in [0.25, 0.3) is 0 Å². The SMILES string of the molecule is C[C@H](N)C(=O)N(C1CC1)[C@@H]1CCN(Cc2ccccc2)C1. The molecule has 2 aliphatic rings. The normalized spacial score (nSPS) is 24.0. The molecule has 114 valence electrons. The van der Waals surface area contributed by atoms with Crippen LogP contribution >= 0.6 is 0 Å². The van der Waals surface area contributed by atoms with Gasteiger partial charge in [0.2, 0.25) is 5.91 Å². The van der Waals surface area contributed by atoms with Gasteiger partial charge in [-0.15, -0.1) is 0 Å². The summed E-state index contributed by atoms with van der Waals surface area (Å²) in [5.74, 6) is 0.129. The fourth-order valence-electron chi connectivity index (χ4n) is 3.27. The van der Waals surface area contributed by atoms with Crippen molar-refractivity contribution in [3.63, 3.8) is 0 Å². The van der Waals surface area contributed by atoms with Crippen LogP contribution in [0.5, 0.6) is 0 Å². The molecule has 1 aromatic rings. The Balaban J connectivity index is 1.61. The minimum Gasteiger partial charge on any atom is -0.334 e. The van der Waals surface area contributed by atoms with Gasteiger partial charge in [-0.2, -0.15) is 0 Å². The quantitative estimate of drug-likeness (QED) is 0.895. The molecule has 2 atom stereocenters. The number of likely N-dealkylation sites (tertiary alicyclic amines) is 1. The fourth-order valence-corrected chi connectivity index (χ4v) is 3.27. The Morgan fingerprint density at radius 3 is 2.62 bits per heavy atom. The first-order valence-corrected chi connectivity index (χ1v) is 7.99. The van der Waals surface area contributed by atoms with Crippen LogP contribution < -0.4 is 5.73 Å². The second-order valence-corrected chi connectivity index (χ2v) is 6.43. The summed E-state index contributed by atoms with van der Waals surface area (Å²) in [6.45, 7) is 4.81. The van der Waals surface area contributed by atoms with Gasteiger partial charge in [-0.05, 0) is 31.7 Å². The Bertz CT molecular complexity index is 484. The first-order chi connectivity index (χ1) is 10.1. The average molecular weight is 287 g/mol. The number of nitrogens with zero attached hydrogens (tertiary/aromatic N) is 2. The zero-order valence-corrected chi connectivity index (χ0v) is 12.7. The number of hydrogen-bond acceptors (Lipinski definition) is 3. The van der Waals surface area contributed by atoms with E-state index in [1.807, 2.05) is 6.07 Å². The summed E-state index contributed by atoms with van der Waals surface area (Å²) >= 11 is 0. The zero-order chi connectivity index (χ0) is 14.8. The molecule has 1 heterocycles. The molecule has 1 saturated carbocycles. The maximum atomic E-state index is 12.4. The topological polar surface area (TPSA) is 49.6 Å². The van der Waals surface area contributed by atoms with Crippen molar-refractivity contribution < 1.29 is 4.79 Å². The van der Waals surface area contributed by atoms with E-state index in [-0.39, 0.29) is 11.9 Å². The number of nitrogens with two attached hydrogens (primary N) is 1. The number of carbonyl (C=O) groups is 1. The Morgan fingerprint density at radius 1 is 1.29 bits per heavy atom. The molecule has 1 saturated heterocycles. The van der Waals surface area contributed by atoms with Gasteiger partial charge in [-0.25, -0.2) is 0 Å². The number of carbonyl (C=O) groups excluding carboxylic acids is 1. The van der Waals surface area contributed by atoms with Crippen molar-refractivity contribution in [1.82, 2.24) is 9.80 Å². The molecule has 2 N–H and O–H groups in total. The summed E-state index contributed by atoms with van der Waals surface area (Å²) in [5.41, 5.74) is 7.17. The highest BCUT2D eigenvalue weighted by molar-refractivity contribution is 5.82. The minimum absolute atomic E-state index is 0.129. The second-order valence-electron chi connectivity index (χ2n) is 6.43. The molecule has 0 bridgehead atoms. The van der Waals surface area contributed by atoms with Crippen molar-refractivity contribution in [1.29, 1.82) is 0 Å². The zero-order valence-electron chi connectivity index (χ0n) is 12.7. The van der Waals surface area contributed by atoms with Gasteiger partial charge < -0.3 is 10.6 Å². The molecule has 1 aromatic carbocycles. The maximum absolute atomic E-state index is 12.4. The lowest BCUT2D eigenvalue weighted by atomic mass is 10.1. The highest BCUT2D eigenvalue weighted by Crippen LogP contribution is 2.32. The van der Waals surface area contributed by atoms with Gasteiger partial charge in [-0.3, -0.25) is 9.69 Å². The molecule has 0 unspecified atom stereocenters. The molecule has 4 heteroatoms. The van der Waals surface area contributed by atoms with E-state index in [1.165, 1.54) is 5.56 Å². The van der Waals surface area contributed by atoms with Crippen LogP contribution in [0.1, 0.15) is 31.7 Å². The van der Waals surface area contributed by atoms with E-state index < -0.39 is 0 Å². The third kappa shape index (κ3) is 3.44. The van der Waals surface area contributed by atoms with Crippen molar-refractivity contribution in [2.75, 3.05) is 13.1 Å². The second kappa shape index (κ2) is 6.16. The Hall–Kier alpha value is -1.39. The molecule has 2 fully saturated rings. The van der Waals surface area contributed by atoms with Crippen molar-refractivity contribution in [2.45, 2.75) is 50.9 Å². The van der Waals surface area contributed by atoms with E-state index in [4.69, 9.17) is 5.73 Å². The van der Waals surface area contributed by atoms with Crippen LogP contribution in [0.25, 0.3) is 0 Å². The van der Waals surface area contributed by atoms with Crippen molar-refractivity contribution in [3.05, 3.63) is 35.9 Å². The lowest BCUT2D eigenvalue weighted by Crippen LogP contribution is -2.49. The van der Waals surface area contributed by atoms with Crippen LogP contribution in [0, 0.1) is 0 Å². The van der Waals surface area contributed by atoms with Crippen LogP contribution in [0.3, 0.4) is 0 Å². The fraction of sp³-hybridized carbons (Fsp3) is 0.588. The molecular weight excluding hydrogens is 262 g/mol. The van der Waals surface area contributed by atoms with E-state index in [2.05, 4.69) is 34.1 Å². The predicted molar refractivity (Wildman–Crippen MR) is 83.6 cm³/mol. The molecule has 0 spiro atoms. The molecule has 0 radical (unpaired) electrons. The molecule has 1 aliphatic heterocycles. The Kier molecular flexibility index (Phi) is 4.27.